The number of ketones is 1. The zero-order valence-electron chi connectivity index (χ0n) is 13.2. The average Bonchev–Trinajstić information content (AvgIpc) is 3.07. The van der Waals surface area contributed by atoms with Gasteiger partial charge in [-0.25, -0.2) is 0 Å². The topological polar surface area (TPSA) is 54.9 Å². The number of alkyl halides is 3. The van der Waals surface area contributed by atoms with Crippen LogP contribution < -0.4 is 5.32 Å². The summed E-state index contributed by atoms with van der Waals surface area (Å²) in [5, 5.41) is 10.6. The number of anilines is 2. The van der Waals surface area contributed by atoms with Crippen LogP contribution in [0.1, 0.15) is 15.9 Å². The largest absolute Gasteiger partial charge is 0.418 e. The van der Waals surface area contributed by atoms with Gasteiger partial charge in [-0.05, 0) is 12.1 Å². The number of aromatic nitrogens is 2. The van der Waals surface area contributed by atoms with Crippen molar-refractivity contribution in [1.82, 2.24) is 10.2 Å². The Balaban J connectivity index is 1.65. The van der Waals surface area contributed by atoms with Crippen LogP contribution in [0.15, 0.2) is 58.9 Å². The summed E-state index contributed by atoms with van der Waals surface area (Å²) in [6.07, 6.45) is -4.46. The van der Waals surface area contributed by atoms with Crippen molar-refractivity contribution < 1.29 is 18.0 Å². The van der Waals surface area contributed by atoms with Gasteiger partial charge in [-0.1, -0.05) is 65.6 Å². The van der Waals surface area contributed by atoms with Crippen molar-refractivity contribution in [2.24, 2.45) is 0 Å². The van der Waals surface area contributed by atoms with E-state index in [1.807, 2.05) is 6.07 Å². The van der Waals surface area contributed by atoms with Crippen LogP contribution in [0.4, 0.5) is 24.0 Å². The molecule has 0 bridgehead atoms. The highest BCUT2D eigenvalue weighted by Crippen LogP contribution is 2.37. The minimum Gasteiger partial charge on any atom is -0.330 e. The summed E-state index contributed by atoms with van der Waals surface area (Å²) >= 11 is 2.29. The fraction of sp³-hybridized carbons (Fsp3) is 0.118. The fourth-order valence-electron chi connectivity index (χ4n) is 2.11. The molecule has 3 rings (SSSR count). The number of halogens is 3. The Labute approximate surface area is 155 Å². The van der Waals surface area contributed by atoms with Crippen molar-refractivity contribution in [1.29, 1.82) is 0 Å². The highest BCUT2D eigenvalue weighted by Gasteiger charge is 2.33. The molecular weight excluding hydrogens is 383 g/mol. The Morgan fingerprint density at radius 1 is 1.04 bits per heavy atom. The van der Waals surface area contributed by atoms with Crippen LogP contribution >= 0.6 is 23.1 Å². The van der Waals surface area contributed by atoms with Gasteiger partial charge in [0.05, 0.1) is 17.0 Å². The van der Waals surface area contributed by atoms with Crippen LogP contribution in [0.3, 0.4) is 0 Å². The molecule has 0 radical (unpaired) electrons. The van der Waals surface area contributed by atoms with E-state index in [-0.39, 0.29) is 22.4 Å². The first kappa shape index (κ1) is 18.4. The first-order valence-corrected chi connectivity index (χ1v) is 9.21. The van der Waals surface area contributed by atoms with Gasteiger partial charge in [0.15, 0.2) is 10.1 Å². The molecule has 3 aromatic rings. The third-order valence-electron chi connectivity index (χ3n) is 3.30. The number of thioether (sulfide) groups is 1. The van der Waals surface area contributed by atoms with Gasteiger partial charge >= 0.3 is 6.18 Å². The first-order chi connectivity index (χ1) is 12.4. The summed E-state index contributed by atoms with van der Waals surface area (Å²) in [4.78, 5) is 12.1. The number of carbonyl (C=O) groups is 1. The van der Waals surface area contributed by atoms with E-state index in [1.165, 1.54) is 30.0 Å². The van der Waals surface area contributed by atoms with Gasteiger partial charge in [-0.3, -0.25) is 4.79 Å². The standard InChI is InChI=1S/C17H12F3N3OS2/c18-17(19,20)12-8-4-5-9-13(12)21-15-22-23-16(26-15)25-10-14(24)11-6-2-1-3-7-11/h1-9H,10H2,(H,21,22). The smallest absolute Gasteiger partial charge is 0.330 e. The van der Waals surface area contributed by atoms with E-state index in [0.717, 1.165) is 17.4 Å². The molecule has 0 fully saturated rings. The van der Waals surface area contributed by atoms with E-state index in [9.17, 15) is 18.0 Å². The summed E-state index contributed by atoms with van der Waals surface area (Å²) < 4.78 is 39.5. The van der Waals surface area contributed by atoms with Gasteiger partial charge < -0.3 is 5.32 Å². The van der Waals surface area contributed by atoms with Crippen LogP contribution in [0, 0.1) is 0 Å². The molecule has 1 N–H and O–H groups in total. The van der Waals surface area contributed by atoms with Gasteiger partial charge in [0.1, 0.15) is 0 Å². The normalized spacial score (nSPS) is 11.3. The van der Waals surface area contributed by atoms with Gasteiger partial charge in [0.2, 0.25) is 5.13 Å². The molecule has 134 valence electrons. The fourth-order valence-corrected chi connectivity index (χ4v) is 3.77. The van der Waals surface area contributed by atoms with Crippen molar-refractivity contribution in [3.63, 3.8) is 0 Å². The van der Waals surface area contributed by atoms with Crippen LogP contribution in [-0.2, 0) is 6.18 Å². The number of hydrogen-bond acceptors (Lipinski definition) is 6. The molecule has 0 atom stereocenters. The maximum absolute atomic E-state index is 13.0. The molecule has 0 aliphatic carbocycles. The predicted molar refractivity (Wildman–Crippen MR) is 96.1 cm³/mol. The first-order valence-electron chi connectivity index (χ1n) is 7.41. The van der Waals surface area contributed by atoms with Crippen molar-refractivity contribution in [2.75, 3.05) is 11.1 Å². The molecule has 2 aromatic carbocycles. The molecule has 1 heterocycles. The lowest BCUT2D eigenvalue weighted by Gasteiger charge is -2.12. The molecule has 0 spiro atoms. The molecule has 0 amide bonds. The van der Waals surface area contributed by atoms with Crippen molar-refractivity contribution >= 4 is 39.7 Å². The monoisotopic (exact) mass is 395 g/mol. The lowest BCUT2D eigenvalue weighted by molar-refractivity contribution is -0.136. The predicted octanol–water partition coefficient (Wildman–Crippen LogP) is 5.28. The van der Waals surface area contributed by atoms with Crippen LogP contribution in [0.2, 0.25) is 0 Å². The molecule has 1 aromatic heterocycles. The molecule has 0 aliphatic heterocycles. The molecule has 0 saturated carbocycles. The summed E-state index contributed by atoms with van der Waals surface area (Å²) in [6, 6.07) is 14.0. The number of para-hydroxylation sites is 1. The highest BCUT2D eigenvalue weighted by molar-refractivity contribution is 8.01. The summed E-state index contributed by atoms with van der Waals surface area (Å²) in [5.74, 6) is 0.125. The van der Waals surface area contributed by atoms with Gasteiger partial charge in [-0.2, -0.15) is 13.2 Å². The summed E-state index contributed by atoms with van der Waals surface area (Å²) in [5.41, 5.74) is -0.265. The quantitative estimate of drug-likeness (QED) is 0.455. The van der Waals surface area contributed by atoms with Gasteiger partial charge in [0, 0.05) is 5.56 Å². The number of carbonyl (C=O) groups excluding carboxylic acids is 1. The van der Waals surface area contributed by atoms with Crippen molar-refractivity contribution in [3.8, 4) is 0 Å². The van der Waals surface area contributed by atoms with Gasteiger partial charge in [-0.15, -0.1) is 10.2 Å². The van der Waals surface area contributed by atoms with E-state index < -0.39 is 11.7 Å². The second kappa shape index (κ2) is 7.88. The molecule has 26 heavy (non-hydrogen) atoms. The van der Waals surface area contributed by atoms with E-state index >= 15 is 0 Å². The van der Waals surface area contributed by atoms with E-state index in [4.69, 9.17) is 0 Å². The second-order valence-electron chi connectivity index (χ2n) is 5.12. The van der Waals surface area contributed by atoms with Crippen LogP contribution in [0.25, 0.3) is 0 Å². The lowest BCUT2D eigenvalue weighted by Crippen LogP contribution is -2.08. The maximum Gasteiger partial charge on any atom is 0.418 e. The number of benzene rings is 2. The van der Waals surface area contributed by atoms with Gasteiger partial charge in [0.25, 0.3) is 0 Å². The van der Waals surface area contributed by atoms with E-state index in [1.54, 1.807) is 24.3 Å². The number of hydrogen-bond donors (Lipinski definition) is 1. The Morgan fingerprint density at radius 2 is 1.73 bits per heavy atom. The van der Waals surface area contributed by atoms with E-state index in [0.29, 0.717) is 9.90 Å². The lowest BCUT2D eigenvalue weighted by atomic mass is 10.2. The SMILES string of the molecule is O=C(CSc1nnc(Nc2ccccc2C(F)(F)F)s1)c1ccccc1. The van der Waals surface area contributed by atoms with Crippen molar-refractivity contribution in [2.45, 2.75) is 10.5 Å². The Kier molecular flexibility index (Phi) is 5.58. The number of Topliss-reactive ketones (excluding diaryl/α,β-unsaturated/α-hetero) is 1. The second-order valence-corrected chi connectivity index (χ2v) is 7.32. The Morgan fingerprint density at radius 3 is 2.46 bits per heavy atom. The third kappa shape index (κ3) is 4.61. The minimum atomic E-state index is -4.46. The molecule has 0 saturated heterocycles. The maximum atomic E-state index is 13.0. The number of nitrogens with one attached hydrogen (secondary N) is 1. The van der Waals surface area contributed by atoms with Crippen LogP contribution in [-0.4, -0.2) is 21.7 Å². The molecule has 0 unspecified atom stereocenters. The number of nitrogens with zero attached hydrogens (tertiary/aromatic N) is 2. The molecule has 4 nitrogen and oxygen atoms in total. The van der Waals surface area contributed by atoms with Crippen LogP contribution in [0.5, 0.6) is 0 Å². The number of rotatable bonds is 6. The Bertz CT molecular complexity index is 898. The Hall–Kier alpha value is -2.39. The third-order valence-corrected chi connectivity index (χ3v) is 5.28. The van der Waals surface area contributed by atoms with E-state index in [2.05, 4.69) is 15.5 Å². The zero-order valence-corrected chi connectivity index (χ0v) is 14.8. The van der Waals surface area contributed by atoms with Crippen molar-refractivity contribution in [3.05, 3.63) is 65.7 Å². The zero-order chi connectivity index (χ0) is 18.6. The summed E-state index contributed by atoms with van der Waals surface area (Å²) in [7, 11) is 0. The minimum absolute atomic E-state index is 0.0530. The molecular formula is C17H12F3N3OS2. The summed E-state index contributed by atoms with van der Waals surface area (Å²) in [6.45, 7) is 0. The highest BCUT2D eigenvalue weighted by atomic mass is 32.2. The molecule has 0 aliphatic rings. The average molecular weight is 395 g/mol. The molecule has 9 heteroatoms.